The number of alkyl halides is 6. The molecular formula is C53H46Cl2F6Hf. The van der Waals surface area contributed by atoms with E-state index in [9.17, 15) is 26.3 Å². The van der Waals surface area contributed by atoms with Crippen molar-refractivity contribution in [3.05, 3.63) is 200 Å². The third-order valence-electron chi connectivity index (χ3n) is 11.8. The Morgan fingerprint density at radius 2 is 0.887 bits per heavy atom. The number of allylic oxidation sites excluding steroid dienone is 4. The van der Waals surface area contributed by atoms with E-state index in [0.717, 1.165) is 72.0 Å². The molecule has 0 atom stereocenters. The maximum Gasteiger partial charge on any atom is -1.00 e. The summed E-state index contributed by atoms with van der Waals surface area (Å²) in [6.07, 6.45) is -2.10. The molecule has 6 aromatic rings. The van der Waals surface area contributed by atoms with E-state index in [0.29, 0.717) is 17.5 Å². The van der Waals surface area contributed by atoms with Crippen LogP contribution in [-0.4, -0.2) is 3.26 Å². The van der Waals surface area contributed by atoms with Crippen molar-refractivity contribution in [3.63, 3.8) is 0 Å². The Hall–Kier alpha value is -4.30. The summed E-state index contributed by atoms with van der Waals surface area (Å²) in [6, 6.07) is 40.7. The fraction of sp³-hybridized carbons (Fsp3) is 0.226. The first-order valence-electron chi connectivity index (χ1n) is 20.2. The molecule has 0 fully saturated rings. The second-order valence-electron chi connectivity index (χ2n) is 17.9. The smallest absolute Gasteiger partial charge is 1.00 e. The van der Waals surface area contributed by atoms with Gasteiger partial charge in [0.1, 0.15) is 0 Å². The van der Waals surface area contributed by atoms with Gasteiger partial charge in [0.15, 0.2) is 0 Å². The minimum absolute atomic E-state index is 0. The van der Waals surface area contributed by atoms with Crippen molar-refractivity contribution in [1.29, 1.82) is 0 Å². The van der Waals surface area contributed by atoms with Gasteiger partial charge in [-0.3, -0.25) is 0 Å². The summed E-state index contributed by atoms with van der Waals surface area (Å²) in [5.74, 6) is 0. The molecule has 318 valence electrons. The SMILES string of the molecule is CC(C)(C)c1cc2c(cc1-c1ccccc1)[CH]([Hf+2]([C]1=CC=CC1)=[C](c1ccc(C(F)(F)F)cc1)c1ccc(C(F)(F)F)cc1)c1cc(-c3ccccc3)c(C(C)(C)C)cc1-2.[Cl-].[Cl-]. The second kappa shape index (κ2) is 17.7. The van der Waals surface area contributed by atoms with E-state index < -0.39 is 44.4 Å². The molecule has 0 saturated carbocycles. The number of hydrogen-bond acceptors (Lipinski definition) is 0. The molecule has 9 heteroatoms. The summed E-state index contributed by atoms with van der Waals surface area (Å²) in [6.45, 7) is 13.4. The van der Waals surface area contributed by atoms with Gasteiger partial charge in [-0.1, -0.05) is 0 Å². The molecule has 0 aromatic heterocycles. The number of fused-ring (bicyclic) bond motifs is 3. The molecule has 8 rings (SSSR count). The molecule has 0 nitrogen and oxygen atoms in total. The summed E-state index contributed by atoms with van der Waals surface area (Å²) >= 11 is -3.86. The van der Waals surface area contributed by atoms with Crippen LogP contribution in [0.2, 0.25) is 0 Å². The molecule has 0 spiro atoms. The Balaban J connectivity index is 0.00000321. The molecule has 0 saturated heterocycles. The normalized spacial score (nSPS) is 13.6. The van der Waals surface area contributed by atoms with Crippen LogP contribution in [0.4, 0.5) is 26.3 Å². The molecule has 0 aliphatic heterocycles. The van der Waals surface area contributed by atoms with E-state index in [1.807, 2.05) is 42.5 Å². The molecule has 0 bridgehead atoms. The number of benzene rings is 6. The Kier molecular flexibility index (Phi) is 13.5. The summed E-state index contributed by atoms with van der Waals surface area (Å²) < 4.78 is 86.3. The number of halogens is 8. The van der Waals surface area contributed by atoms with Crippen LogP contribution >= 0.6 is 0 Å². The van der Waals surface area contributed by atoms with Crippen LogP contribution in [0.15, 0.2) is 155 Å². The fourth-order valence-electron chi connectivity index (χ4n) is 8.88. The standard InChI is InChI=1S/C33H33.C15H8F6.C5H5.2ClH.Hf/c1-32(2,3)30-20-26-24(18-28(30)22-13-9-7-10-14-22)17-25-19-29(23-15-11-8-12-16-23)31(21-27(25)26)33(4,5)6;16-14(17,18)12-5-1-10(2-6-12)9-11-3-7-13(8-4-11)15(19,20)21;1-2-4-5-3-1;;;/h7-21H,1-6H3;1-8H;1-3H,4H2;2*1H;/q;;;;;+2/p-2. The quantitative estimate of drug-likeness (QED) is 0.115. The van der Waals surface area contributed by atoms with Gasteiger partial charge >= 0.3 is 358 Å². The zero-order valence-electron chi connectivity index (χ0n) is 35.2. The maximum atomic E-state index is 14.1. The van der Waals surface area contributed by atoms with Gasteiger partial charge in [-0.15, -0.1) is 0 Å². The topological polar surface area (TPSA) is 0 Å². The van der Waals surface area contributed by atoms with E-state index >= 15 is 0 Å². The first-order valence-corrected chi connectivity index (χ1v) is 25.9. The number of rotatable bonds is 6. The minimum atomic E-state index is -4.55. The van der Waals surface area contributed by atoms with Gasteiger partial charge in [0.25, 0.3) is 0 Å². The van der Waals surface area contributed by atoms with Crippen LogP contribution in [-0.2, 0) is 44.1 Å². The number of hydrogen-bond donors (Lipinski definition) is 0. The van der Waals surface area contributed by atoms with Gasteiger partial charge in [-0.2, -0.15) is 0 Å². The van der Waals surface area contributed by atoms with Crippen LogP contribution in [0, 0.1) is 0 Å². The summed E-state index contributed by atoms with van der Waals surface area (Å²) in [7, 11) is 0. The van der Waals surface area contributed by atoms with Gasteiger partial charge < -0.3 is 24.8 Å². The molecule has 62 heavy (non-hydrogen) atoms. The predicted molar refractivity (Wildman–Crippen MR) is 230 cm³/mol. The predicted octanol–water partition coefficient (Wildman–Crippen LogP) is 9.46. The van der Waals surface area contributed by atoms with Crippen LogP contribution in [0.3, 0.4) is 0 Å². The Morgan fingerprint density at radius 1 is 0.500 bits per heavy atom. The van der Waals surface area contributed by atoms with Crippen molar-refractivity contribution in [2.45, 2.75) is 74.8 Å². The Morgan fingerprint density at radius 3 is 1.21 bits per heavy atom. The summed E-state index contributed by atoms with van der Waals surface area (Å²) in [5, 5.41) is 0. The molecule has 0 amide bonds. The minimum Gasteiger partial charge on any atom is -1.00 e. The average Bonchev–Trinajstić information content (AvgIpc) is 3.85. The van der Waals surface area contributed by atoms with Crippen molar-refractivity contribution >= 4 is 3.26 Å². The molecule has 0 unspecified atom stereocenters. The van der Waals surface area contributed by atoms with Crippen molar-refractivity contribution in [1.82, 2.24) is 0 Å². The molecule has 2 aliphatic carbocycles. The first kappa shape index (κ1) is 47.2. The van der Waals surface area contributed by atoms with Crippen LogP contribution < -0.4 is 24.8 Å². The van der Waals surface area contributed by atoms with Crippen molar-refractivity contribution in [3.8, 4) is 33.4 Å². The second-order valence-corrected chi connectivity index (χ2v) is 27.0. The van der Waals surface area contributed by atoms with Crippen LogP contribution in [0.1, 0.15) is 96.1 Å². The first-order chi connectivity index (χ1) is 28.3. The summed E-state index contributed by atoms with van der Waals surface area (Å²) in [5.41, 5.74) is 10.6. The van der Waals surface area contributed by atoms with Gasteiger partial charge in [0.05, 0.1) is 0 Å². The third-order valence-corrected chi connectivity index (χ3v) is 23.9. The zero-order valence-corrected chi connectivity index (χ0v) is 40.3. The van der Waals surface area contributed by atoms with Gasteiger partial charge in [0.2, 0.25) is 0 Å². The van der Waals surface area contributed by atoms with Gasteiger partial charge in [0, 0.05) is 0 Å². The Bertz CT molecular complexity index is 2510. The molecule has 2 aliphatic rings. The zero-order chi connectivity index (χ0) is 42.8. The van der Waals surface area contributed by atoms with Gasteiger partial charge in [-0.25, -0.2) is 0 Å². The molecule has 0 N–H and O–H groups in total. The van der Waals surface area contributed by atoms with E-state index in [1.165, 1.54) is 38.7 Å². The van der Waals surface area contributed by atoms with Gasteiger partial charge in [-0.05, 0) is 0 Å². The van der Waals surface area contributed by atoms with Crippen LogP contribution in [0.25, 0.3) is 33.4 Å². The van der Waals surface area contributed by atoms with Crippen molar-refractivity contribution < 1.29 is 72.1 Å². The molecule has 0 radical (unpaired) electrons. The molecular weight excluding hydrogens is 1000 g/mol. The third kappa shape index (κ3) is 9.19. The van der Waals surface area contributed by atoms with Crippen LogP contribution in [0.5, 0.6) is 0 Å². The summed E-state index contributed by atoms with van der Waals surface area (Å²) in [4.78, 5) is 0. The average molecular weight is 1050 g/mol. The molecule has 0 heterocycles. The largest absolute Gasteiger partial charge is 1.00 e. The Labute approximate surface area is 380 Å². The monoisotopic (exact) mass is 1050 g/mol. The van der Waals surface area contributed by atoms with E-state index in [2.05, 4.69) is 102 Å². The van der Waals surface area contributed by atoms with Crippen molar-refractivity contribution in [2.75, 3.05) is 0 Å². The van der Waals surface area contributed by atoms with E-state index in [4.69, 9.17) is 0 Å². The van der Waals surface area contributed by atoms with Crippen molar-refractivity contribution in [2.24, 2.45) is 0 Å². The van der Waals surface area contributed by atoms with E-state index in [-0.39, 0.29) is 39.3 Å². The fourth-order valence-corrected chi connectivity index (χ4v) is 22.0. The maximum absolute atomic E-state index is 14.1. The molecule has 6 aromatic carbocycles. The van der Waals surface area contributed by atoms with E-state index in [1.54, 1.807) is 0 Å².